The van der Waals surface area contributed by atoms with Crippen LogP contribution in [0, 0.1) is 11.8 Å². The maximum absolute atomic E-state index is 12.1. The van der Waals surface area contributed by atoms with Crippen molar-refractivity contribution in [1.29, 1.82) is 0 Å². The molecule has 1 amide bonds. The first-order valence-corrected chi connectivity index (χ1v) is 9.71. The number of halogens is 1. The Labute approximate surface area is 172 Å². The predicted octanol–water partition coefficient (Wildman–Crippen LogP) is 3.90. The van der Waals surface area contributed by atoms with Crippen LogP contribution >= 0.6 is 11.6 Å². The summed E-state index contributed by atoms with van der Waals surface area (Å²) in [6, 6.07) is -0.268. The molecule has 0 spiro atoms. The number of ether oxygens (including phenoxy) is 3. The monoisotopic (exact) mass is 411 g/mol. The van der Waals surface area contributed by atoms with Gasteiger partial charge in [-0.05, 0) is 59.1 Å². The third-order valence-electron chi connectivity index (χ3n) is 3.68. The van der Waals surface area contributed by atoms with Gasteiger partial charge in [0.05, 0.1) is 11.3 Å². The minimum atomic E-state index is -0.633. The average molecular weight is 412 g/mol. The molecule has 1 heterocycles. The second kappa shape index (κ2) is 11.2. The highest BCUT2D eigenvalue weighted by Crippen LogP contribution is 2.22. The minimum Gasteiger partial charge on any atom is -0.444 e. The third kappa shape index (κ3) is 8.42. The molecule has 0 aromatic carbocycles. The number of amides is 1. The van der Waals surface area contributed by atoms with Gasteiger partial charge in [-0.15, -0.1) is 0 Å². The molecule has 2 unspecified atom stereocenters. The van der Waals surface area contributed by atoms with Crippen LogP contribution in [-0.4, -0.2) is 47.2 Å². The minimum absolute atomic E-state index is 0.114. The Hall–Kier alpha value is -1.88. The summed E-state index contributed by atoms with van der Waals surface area (Å²) in [5.41, 5.74) is 0.650. The van der Waals surface area contributed by atoms with Crippen molar-refractivity contribution in [3.8, 4) is 11.8 Å². The molecule has 2 atom stereocenters. The summed E-state index contributed by atoms with van der Waals surface area (Å²) >= 11 is 5.99. The lowest BCUT2D eigenvalue weighted by atomic mass is 9.96. The molecule has 8 heteroatoms. The van der Waals surface area contributed by atoms with Crippen molar-refractivity contribution in [3.63, 3.8) is 0 Å². The van der Waals surface area contributed by atoms with Gasteiger partial charge in [-0.25, -0.2) is 14.8 Å². The largest absolute Gasteiger partial charge is 0.444 e. The summed E-state index contributed by atoms with van der Waals surface area (Å²) in [4.78, 5) is 20.4. The van der Waals surface area contributed by atoms with Crippen LogP contribution in [0.1, 0.15) is 65.6 Å². The summed E-state index contributed by atoms with van der Waals surface area (Å²) in [7, 11) is 0. The zero-order valence-electron chi connectivity index (χ0n) is 17.6. The molecule has 28 heavy (non-hydrogen) atoms. The van der Waals surface area contributed by atoms with Gasteiger partial charge < -0.3 is 19.5 Å². The van der Waals surface area contributed by atoms with Crippen LogP contribution in [0.25, 0.3) is 0 Å². The number of nitrogens with zero attached hydrogens (tertiary/aromatic N) is 2. The Morgan fingerprint density at radius 2 is 1.86 bits per heavy atom. The van der Waals surface area contributed by atoms with Crippen molar-refractivity contribution in [2.45, 2.75) is 72.3 Å². The molecule has 0 radical (unpaired) electrons. The van der Waals surface area contributed by atoms with Gasteiger partial charge in [-0.2, -0.15) is 0 Å². The van der Waals surface area contributed by atoms with Crippen molar-refractivity contribution >= 4 is 17.7 Å². The zero-order chi connectivity index (χ0) is 21.3. The molecule has 0 bridgehead atoms. The Kier molecular flexibility index (Phi) is 9.66. The second-order valence-corrected chi connectivity index (χ2v) is 7.51. The van der Waals surface area contributed by atoms with Crippen molar-refractivity contribution in [2.24, 2.45) is 0 Å². The molecule has 0 aliphatic rings. The van der Waals surface area contributed by atoms with Gasteiger partial charge in [-0.1, -0.05) is 12.8 Å². The fraction of sp³-hybridized carbons (Fsp3) is 0.650. The SMILES string of the molecule is CCOC(C#Cc1cnc(Cl)nc1C(C)C(C)NC(=O)OC(C)(C)C)OCC. The van der Waals surface area contributed by atoms with Crippen molar-refractivity contribution in [3.05, 3.63) is 22.7 Å². The molecule has 1 aromatic rings. The van der Waals surface area contributed by atoms with Crippen LogP contribution < -0.4 is 5.32 Å². The van der Waals surface area contributed by atoms with E-state index in [1.54, 1.807) is 6.20 Å². The molecular weight excluding hydrogens is 382 g/mol. The zero-order valence-corrected chi connectivity index (χ0v) is 18.4. The number of aromatic nitrogens is 2. The first-order valence-electron chi connectivity index (χ1n) is 9.34. The average Bonchev–Trinajstić information content (AvgIpc) is 2.58. The van der Waals surface area contributed by atoms with Crippen LogP contribution in [0.15, 0.2) is 6.20 Å². The summed E-state index contributed by atoms with van der Waals surface area (Å²) in [6.45, 7) is 13.9. The van der Waals surface area contributed by atoms with Crippen molar-refractivity contribution in [2.75, 3.05) is 13.2 Å². The van der Waals surface area contributed by atoms with Gasteiger partial charge in [0.1, 0.15) is 5.60 Å². The van der Waals surface area contributed by atoms with Crippen LogP contribution in [0.4, 0.5) is 4.79 Å². The third-order valence-corrected chi connectivity index (χ3v) is 3.86. The van der Waals surface area contributed by atoms with Crippen molar-refractivity contribution in [1.82, 2.24) is 15.3 Å². The molecule has 0 aliphatic heterocycles. The summed E-state index contributed by atoms with van der Waals surface area (Å²) < 4.78 is 16.2. The van der Waals surface area contributed by atoms with Gasteiger partial charge in [0.25, 0.3) is 0 Å². The van der Waals surface area contributed by atoms with Gasteiger partial charge in [0.2, 0.25) is 11.6 Å². The van der Waals surface area contributed by atoms with E-state index in [1.807, 2.05) is 48.5 Å². The first-order chi connectivity index (χ1) is 13.1. The standard InChI is InChI=1S/C20H30ClN3O4/c1-8-26-16(27-9-2)11-10-15-12-22-18(21)24-17(15)13(3)14(4)23-19(25)28-20(5,6)7/h12-14,16H,8-9H2,1-7H3,(H,23,25). The number of alkyl carbamates (subject to hydrolysis) is 1. The molecule has 156 valence electrons. The number of rotatable bonds is 7. The number of carbonyl (C=O) groups is 1. The molecule has 0 fully saturated rings. The van der Waals surface area contributed by atoms with Crippen molar-refractivity contribution < 1.29 is 19.0 Å². The quantitative estimate of drug-likeness (QED) is 0.416. The Balaban J connectivity index is 3.03. The smallest absolute Gasteiger partial charge is 0.407 e. The molecule has 0 aliphatic carbocycles. The second-order valence-electron chi connectivity index (χ2n) is 7.17. The fourth-order valence-corrected chi connectivity index (χ4v) is 2.38. The van der Waals surface area contributed by atoms with Crippen LogP contribution in [0.5, 0.6) is 0 Å². The van der Waals surface area contributed by atoms with Crippen LogP contribution in [0.2, 0.25) is 5.28 Å². The Morgan fingerprint density at radius 1 is 1.25 bits per heavy atom. The highest BCUT2D eigenvalue weighted by molar-refractivity contribution is 6.28. The van der Waals surface area contributed by atoms with E-state index in [1.165, 1.54) is 0 Å². The lowest BCUT2D eigenvalue weighted by Crippen LogP contribution is -2.40. The molecule has 1 aromatic heterocycles. The molecule has 0 saturated carbocycles. The van der Waals surface area contributed by atoms with E-state index >= 15 is 0 Å². The van der Waals surface area contributed by atoms with Gasteiger partial charge in [-0.3, -0.25) is 0 Å². The van der Waals surface area contributed by atoms with E-state index in [9.17, 15) is 4.79 Å². The van der Waals surface area contributed by atoms with Gasteiger partial charge >= 0.3 is 6.09 Å². The summed E-state index contributed by atoms with van der Waals surface area (Å²) in [5, 5.41) is 2.94. The van der Waals surface area contributed by atoms with E-state index in [-0.39, 0.29) is 17.2 Å². The van der Waals surface area contributed by atoms with Gasteiger partial charge in [0, 0.05) is 31.4 Å². The normalized spacial score (nSPS) is 13.5. The summed E-state index contributed by atoms with van der Waals surface area (Å²) in [5.74, 6) is 5.76. The number of hydrogen-bond acceptors (Lipinski definition) is 6. The van der Waals surface area contributed by atoms with Gasteiger partial charge in [0.15, 0.2) is 0 Å². The van der Waals surface area contributed by atoms with Crippen LogP contribution in [-0.2, 0) is 14.2 Å². The molecular formula is C20H30ClN3O4. The number of carbonyl (C=O) groups excluding carboxylic acids is 1. The Morgan fingerprint density at radius 3 is 2.39 bits per heavy atom. The summed E-state index contributed by atoms with van der Waals surface area (Å²) in [6.07, 6.45) is 0.432. The van der Waals surface area contributed by atoms with E-state index in [2.05, 4.69) is 27.1 Å². The lowest BCUT2D eigenvalue weighted by Gasteiger charge is -2.25. The first kappa shape index (κ1) is 24.2. The molecule has 1 N–H and O–H groups in total. The van der Waals surface area contributed by atoms with Crippen LogP contribution in [0.3, 0.4) is 0 Å². The number of hydrogen-bond donors (Lipinski definition) is 1. The molecule has 7 nitrogen and oxygen atoms in total. The van der Waals surface area contributed by atoms with E-state index < -0.39 is 18.0 Å². The molecule has 0 saturated heterocycles. The predicted molar refractivity (Wildman–Crippen MR) is 108 cm³/mol. The van der Waals surface area contributed by atoms with E-state index in [4.69, 9.17) is 25.8 Å². The fourth-order valence-electron chi connectivity index (χ4n) is 2.24. The van der Waals surface area contributed by atoms with E-state index in [0.717, 1.165) is 0 Å². The maximum Gasteiger partial charge on any atom is 0.407 e. The Bertz CT molecular complexity index is 704. The number of nitrogens with one attached hydrogen (secondary N) is 1. The molecule has 1 rings (SSSR count). The highest BCUT2D eigenvalue weighted by atomic mass is 35.5. The van der Waals surface area contributed by atoms with E-state index in [0.29, 0.717) is 24.5 Å². The topological polar surface area (TPSA) is 82.6 Å². The highest BCUT2D eigenvalue weighted by Gasteiger charge is 2.24. The lowest BCUT2D eigenvalue weighted by molar-refractivity contribution is -0.0969. The maximum atomic E-state index is 12.1.